The Hall–Kier alpha value is -1.42. The van der Waals surface area contributed by atoms with Crippen LogP contribution in [0.15, 0.2) is 18.2 Å². The second kappa shape index (κ2) is 7.89. The van der Waals surface area contributed by atoms with Gasteiger partial charge in [-0.2, -0.15) is 0 Å². The van der Waals surface area contributed by atoms with Gasteiger partial charge in [-0.25, -0.2) is 0 Å². The molecule has 0 aliphatic carbocycles. The number of benzene rings is 1. The molecule has 0 heterocycles. The Labute approximate surface area is 116 Å². The lowest BCUT2D eigenvalue weighted by Gasteiger charge is -2.14. The summed E-state index contributed by atoms with van der Waals surface area (Å²) in [5.74, 6) is 0.825. The zero-order valence-corrected chi connectivity index (χ0v) is 12.6. The summed E-state index contributed by atoms with van der Waals surface area (Å²) < 4.78 is 5.67. The third kappa shape index (κ3) is 6.91. The molecule has 4 nitrogen and oxygen atoms in total. The van der Waals surface area contributed by atoms with Gasteiger partial charge in [0.15, 0.2) is 0 Å². The second-order valence-electron chi connectivity index (χ2n) is 5.39. The quantitative estimate of drug-likeness (QED) is 0.560. The van der Waals surface area contributed by atoms with Crippen molar-refractivity contribution in [3.8, 4) is 5.75 Å². The highest BCUT2D eigenvalue weighted by molar-refractivity contribution is 5.59. The predicted molar refractivity (Wildman–Crippen MR) is 82.9 cm³/mol. The van der Waals surface area contributed by atoms with Crippen LogP contribution in [0.2, 0.25) is 0 Å². The van der Waals surface area contributed by atoms with E-state index >= 15 is 0 Å². The van der Waals surface area contributed by atoms with Crippen molar-refractivity contribution in [2.24, 2.45) is 0 Å². The molecule has 3 N–H and O–H groups in total. The normalized spacial score (nSPS) is 11.1. The van der Waals surface area contributed by atoms with Gasteiger partial charge in [0.1, 0.15) is 5.75 Å². The van der Waals surface area contributed by atoms with Crippen molar-refractivity contribution < 1.29 is 4.74 Å². The van der Waals surface area contributed by atoms with Crippen LogP contribution in [0.1, 0.15) is 26.7 Å². The average Bonchev–Trinajstić information content (AvgIpc) is 2.26. The molecular weight excluding hydrogens is 238 g/mol. The highest BCUT2D eigenvalue weighted by Gasteiger charge is 2.02. The highest BCUT2D eigenvalue weighted by Crippen LogP contribution is 2.23. The summed E-state index contributed by atoms with van der Waals surface area (Å²) in [5.41, 5.74) is 7.64. The van der Waals surface area contributed by atoms with E-state index in [0.29, 0.717) is 0 Å². The number of ether oxygens (including phenoxy) is 1. The summed E-state index contributed by atoms with van der Waals surface area (Å²) in [5, 5.41) is 3.39. The van der Waals surface area contributed by atoms with Gasteiger partial charge in [-0.3, -0.25) is 0 Å². The summed E-state index contributed by atoms with van der Waals surface area (Å²) >= 11 is 0. The lowest BCUT2D eigenvalue weighted by atomic mass is 10.2. The lowest BCUT2D eigenvalue weighted by Crippen LogP contribution is -2.14. The zero-order valence-electron chi connectivity index (χ0n) is 12.6. The molecule has 4 heteroatoms. The third-order valence-corrected chi connectivity index (χ3v) is 2.66. The van der Waals surface area contributed by atoms with Crippen LogP contribution < -0.4 is 15.8 Å². The zero-order chi connectivity index (χ0) is 14.3. The Kier molecular flexibility index (Phi) is 6.50. The summed E-state index contributed by atoms with van der Waals surface area (Å²) in [6, 6.07) is 5.80. The number of nitrogen functional groups attached to an aromatic ring is 1. The van der Waals surface area contributed by atoms with Crippen molar-refractivity contribution in [3.63, 3.8) is 0 Å². The average molecular weight is 265 g/mol. The fraction of sp³-hybridized carbons (Fsp3) is 0.600. The van der Waals surface area contributed by atoms with Gasteiger partial charge in [0.2, 0.25) is 0 Å². The van der Waals surface area contributed by atoms with Gasteiger partial charge in [0, 0.05) is 30.1 Å². The van der Waals surface area contributed by atoms with Crippen LogP contribution in [0.25, 0.3) is 0 Å². The molecule has 0 bridgehead atoms. The molecular formula is C15H27N3O. The SMILES string of the molecule is CC(C)Oc1cc(N)cc(NCCCCN(C)C)c1. The fourth-order valence-corrected chi connectivity index (χ4v) is 1.85. The van der Waals surface area contributed by atoms with Crippen molar-refractivity contribution >= 4 is 11.4 Å². The molecule has 1 aromatic rings. The molecule has 0 spiro atoms. The molecule has 0 fully saturated rings. The minimum atomic E-state index is 0.162. The van der Waals surface area contributed by atoms with Crippen LogP contribution in [0.4, 0.5) is 11.4 Å². The van der Waals surface area contributed by atoms with E-state index in [2.05, 4.69) is 24.3 Å². The third-order valence-electron chi connectivity index (χ3n) is 2.66. The molecule has 0 aliphatic rings. The van der Waals surface area contributed by atoms with Gasteiger partial charge in [-0.05, 0) is 53.4 Å². The summed E-state index contributed by atoms with van der Waals surface area (Å²) in [4.78, 5) is 2.20. The summed E-state index contributed by atoms with van der Waals surface area (Å²) in [6.07, 6.45) is 2.50. The summed E-state index contributed by atoms with van der Waals surface area (Å²) in [7, 11) is 4.20. The van der Waals surface area contributed by atoms with Crippen molar-refractivity contribution in [3.05, 3.63) is 18.2 Å². The highest BCUT2D eigenvalue weighted by atomic mass is 16.5. The van der Waals surface area contributed by atoms with Gasteiger partial charge < -0.3 is 20.7 Å². The molecule has 19 heavy (non-hydrogen) atoms. The van der Waals surface area contributed by atoms with E-state index in [-0.39, 0.29) is 6.10 Å². The molecule has 0 atom stereocenters. The van der Waals surface area contributed by atoms with E-state index in [0.717, 1.165) is 36.6 Å². The molecule has 1 rings (SSSR count). The molecule has 0 unspecified atom stereocenters. The number of anilines is 2. The Balaban J connectivity index is 2.42. The first-order chi connectivity index (χ1) is 8.97. The molecule has 1 aromatic carbocycles. The number of nitrogens with zero attached hydrogens (tertiary/aromatic N) is 1. The van der Waals surface area contributed by atoms with Gasteiger partial charge in [0.25, 0.3) is 0 Å². The Morgan fingerprint density at radius 2 is 1.95 bits per heavy atom. The maximum absolute atomic E-state index is 5.88. The monoisotopic (exact) mass is 265 g/mol. The lowest BCUT2D eigenvalue weighted by molar-refractivity contribution is 0.242. The van der Waals surface area contributed by atoms with Crippen LogP contribution in [0, 0.1) is 0 Å². The van der Waals surface area contributed by atoms with E-state index < -0.39 is 0 Å². The maximum atomic E-state index is 5.88. The fourth-order valence-electron chi connectivity index (χ4n) is 1.85. The van der Waals surface area contributed by atoms with Crippen molar-refractivity contribution in [1.29, 1.82) is 0 Å². The minimum Gasteiger partial charge on any atom is -0.491 e. The van der Waals surface area contributed by atoms with E-state index in [1.807, 2.05) is 32.0 Å². The maximum Gasteiger partial charge on any atom is 0.123 e. The van der Waals surface area contributed by atoms with Crippen LogP contribution >= 0.6 is 0 Å². The van der Waals surface area contributed by atoms with E-state index in [1.165, 1.54) is 6.42 Å². The summed E-state index contributed by atoms with van der Waals surface area (Å²) in [6.45, 7) is 6.10. The van der Waals surface area contributed by atoms with Crippen LogP contribution in [-0.4, -0.2) is 38.2 Å². The molecule has 0 saturated heterocycles. The molecule has 0 aliphatic heterocycles. The topological polar surface area (TPSA) is 50.5 Å². The van der Waals surface area contributed by atoms with Gasteiger partial charge >= 0.3 is 0 Å². The van der Waals surface area contributed by atoms with Crippen molar-refractivity contribution in [2.75, 3.05) is 38.2 Å². The molecule has 0 aromatic heterocycles. The van der Waals surface area contributed by atoms with E-state index in [4.69, 9.17) is 10.5 Å². The first kappa shape index (κ1) is 15.6. The minimum absolute atomic E-state index is 0.162. The number of rotatable bonds is 8. The molecule has 0 amide bonds. The van der Waals surface area contributed by atoms with Crippen LogP contribution in [0.3, 0.4) is 0 Å². The van der Waals surface area contributed by atoms with Gasteiger partial charge in [0.05, 0.1) is 6.10 Å². The Bertz CT molecular complexity index is 378. The number of nitrogens with two attached hydrogens (primary N) is 1. The first-order valence-electron chi connectivity index (χ1n) is 6.93. The second-order valence-corrected chi connectivity index (χ2v) is 5.39. The Morgan fingerprint density at radius 1 is 1.21 bits per heavy atom. The van der Waals surface area contributed by atoms with E-state index in [1.54, 1.807) is 0 Å². The largest absolute Gasteiger partial charge is 0.491 e. The number of unbranched alkanes of at least 4 members (excludes halogenated alkanes) is 1. The van der Waals surface area contributed by atoms with Gasteiger partial charge in [-0.1, -0.05) is 0 Å². The standard InChI is InChI=1S/C15H27N3O/c1-12(2)19-15-10-13(16)9-14(11-15)17-7-5-6-8-18(3)4/h9-12,17H,5-8,16H2,1-4H3. The van der Waals surface area contributed by atoms with Crippen molar-refractivity contribution in [1.82, 2.24) is 4.90 Å². The predicted octanol–water partition coefficient (Wildman–Crippen LogP) is 2.81. The molecule has 108 valence electrons. The number of hydrogen-bond acceptors (Lipinski definition) is 4. The van der Waals surface area contributed by atoms with E-state index in [9.17, 15) is 0 Å². The van der Waals surface area contributed by atoms with Crippen LogP contribution in [-0.2, 0) is 0 Å². The van der Waals surface area contributed by atoms with Crippen molar-refractivity contribution in [2.45, 2.75) is 32.8 Å². The van der Waals surface area contributed by atoms with Crippen LogP contribution in [0.5, 0.6) is 5.75 Å². The molecule has 0 radical (unpaired) electrons. The smallest absolute Gasteiger partial charge is 0.123 e. The van der Waals surface area contributed by atoms with Gasteiger partial charge in [-0.15, -0.1) is 0 Å². The number of nitrogens with one attached hydrogen (secondary N) is 1. The molecule has 0 saturated carbocycles. The Morgan fingerprint density at radius 3 is 2.58 bits per heavy atom. The first-order valence-corrected chi connectivity index (χ1v) is 6.93. The number of hydrogen-bond donors (Lipinski definition) is 2.